The van der Waals surface area contributed by atoms with Gasteiger partial charge in [0.2, 0.25) is 0 Å². The predicted molar refractivity (Wildman–Crippen MR) is 40.5 cm³/mol. The fraction of sp³-hybridized carbons (Fsp3) is 0.286. The van der Waals surface area contributed by atoms with Crippen molar-refractivity contribution in [2.45, 2.75) is 13.3 Å². The van der Waals surface area contributed by atoms with Crippen LogP contribution in [0.5, 0.6) is 0 Å². The lowest BCUT2D eigenvalue weighted by molar-refractivity contribution is 1.22. The summed E-state index contributed by atoms with van der Waals surface area (Å²) < 4.78 is 0. The Morgan fingerprint density at radius 3 is 2.67 bits per heavy atom. The summed E-state index contributed by atoms with van der Waals surface area (Å²) in [6.45, 7) is 2.05. The van der Waals surface area contributed by atoms with Crippen molar-refractivity contribution < 1.29 is 0 Å². The van der Waals surface area contributed by atoms with Crippen molar-refractivity contribution in [1.82, 2.24) is 0 Å². The Balaban J connectivity index is 3.47. The van der Waals surface area contributed by atoms with E-state index in [1.54, 1.807) is 12.2 Å². The standard InChI is InChI=1S/C7H12N2/c1-2-3-4-5-6-7(8)9/h3-6H,2H2,1H3,(H3,8,9)/b4-3-,6-5-. The van der Waals surface area contributed by atoms with Crippen molar-refractivity contribution in [3.8, 4) is 0 Å². The topological polar surface area (TPSA) is 49.9 Å². The number of nitrogens with one attached hydrogen (secondary N) is 1. The monoisotopic (exact) mass is 124 g/mol. The molecule has 50 valence electrons. The fourth-order valence-electron chi connectivity index (χ4n) is 0.374. The largest absolute Gasteiger partial charge is 0.384 e. The van der Waals surface area contributed by atoms with Gasteiger partial charge in [-0.3, -0.25) is 5.41 Å². The van der Waals surface area contributed by atoms with Crippen LogP contribution < -0.4 is 5.73 Å². The molecule has 0 bridgehead atoms. The number of hydrogen-bond donors (Lipinski definition) is 2. The highest BCUT2D eigenvalue weighted by Crippen LogP contribution is 1.80. The molecule has 0 saturated heterocycles. The van der Waals surface area contributed by atoms with E-state index >= 15 is 0 Å². The van der Waals surface area contributed by atoms with Gasteiger partial charge in [-0.15, -0.1) is 0 Å². The third-order valence-corrected chi connectivity index (χ3v) is 0.759. The van der Waals surface area contributed by atoms with Crippen LogP contribution in [0.15, 0.2) is 24.3 Å². The Morgan fingerprint density at radius 1 is 1.56 bits per heavy atom. The summed E-state index contributed by atoms with van der Waals surface area (Å²) in [5.74, 6) is 0.0933. The Morgan fingerprint density at radius 2 is 2.22 bits per heavy atom. The molecule has 0 atom stereocenters. The van der Waals surface area contributed by atoms with E-state index in [1.807, 2.05) is 12.2 Å². The first-order valence-corrected chi connectivity index (χ1v) is 2.94. The SMILES string of the molecule is CC/C=C\C=C/C(=N)N. The third kappa shape index (κ3) is 6.95. The zero-order valence-electron chi connectivity index (χ0n) is 5.59. The minimum atomic E-state index is 0.0933. The second-order valence-electron chi connectivity index (χ2n) is 1.65. The average molecular weight is 124 g/mol. The van der Waals surface area contributed by atoms with E-state index in [9.17, 15) is 0 Å². The van der Waals surface area contributed by atoms with Gasteiger partial charge in [-0.05, 0) is 12.5 Å². The molecule has 0 aliphatic rings. The summed E-state index contributed by atoms with van der Waals surface area (Å²) in [5, 5.41) is 6.79. The highest BCUT2D eigenvalue weighted by molar-refractivity contribution is 5.88. The Hall–Kier alpha value is -1.05. The maximum absolute atomic E-state index is 6.79. The van der Waals surface area contributed by atoms with Gasteiger partial charge in [0, 0.05) is 0 Å². The normalized spacial score (nSPS) is 11.2. The van der Waals surface area contributed by atoms with E-state index in [1.165, 1.54) is 0 Å². The van der Waals surface area contributed by atoms with Gasteiger partial charge < -0.3 is 5.73 Å². The zero-order valence-corrected chi connectivity index (χ0v) is 5.59. The summed E-state index contributed by atoms with van der Waals surface area (Å²) in [4.78, 5) is 0. The lowest BCUT2D eigenvalue weighted by Crippen LogP contribution is -2.03. The molecule has 0 aromatic heterocycles. The number of hydrogen-bond acceptors (Lipinski definition) is 1. The Bertz CT molecular complexity index is 134. The van der Waals surface area contributed by atoms with Crippen molar-refractivity contribution >= 4 is 5.84 Å². The van der Waals surface area contributed by atoms with E-state index in [-0.39, 0.29) is 5.84 Å². The van der Waals surface area contributed by atoms with E-state index in [0.717, 1.165) is 6.42 Å². The number of allylic oxidation sites excluding steroid dienone is 3. The Kier molecular flexibility index (Phi) is 4.50. The quantitative estimate of drug-likeness (QED) is 0.334. The molecule has 9 heavy (non-hydrogen) atoms. The molecule has 0 unspecified atom stereocenters. The van der Waals surface area contributed by atoms with Crippen LogP contribution in [0.4, 0.5) is 0 Å². The van der Waals surface area contributed by atoms with E-state index in [2.05, 4.69) is 6.92 Å². The summed E-state index contributed by atoms with van der Waals surface area (Å²) in [6.07, 6.45) is 8.20. The minimum Gasteiger partial charge on any atom is -0.384 e. The molecule has 0 heterocycles. The average Bonchev–Trinajstić information content (AvgIpc) is 1.80. The Labute approximate surface area is 55.6 Å². The molecule has 0 radical (unpaired) electrons. The van der Waals surface area contributed by atoms with Crippen LogP contribution in [0, 0.1) is 5.41 Å². The van der Waals surface area contributed by atoms with Crippen LogP contribution in [0.1, 0.15) is 13.3 Å². The zero-order chi connectivity index (χ0) is 7.11. The van der Waals surface area contributed by atoms with Crippen LogP contribution in [0.3, 0.4) is 0 Å². The molecule has 0 spiro atoms. The maximum atomic E-state index is 6.79. The molecule has 3 N–H and O–H groups in total. The molecule has 0 fully saturated rings. The second-order valence-corrected chi connectivity index (χ2v) is 1.65. The number of nitrogens with two attached hydrogens (primary N) is 1. The lowest BCUT2D eigenvalue weighted by atomic mass is 10.4. The third-order valence-electron chi connectivity index (χ3n) is 0.759. The van der Waals surface area contributed by atoms with Gasteiger partial charge in [0.1, 0.15) is 5.84 Å². The molecular formula is C7H12N2. The van der Waals surface area contributed by atoms with Crippen molar-refractivity contribution in [1.29, 1.82) is 5.41 Å². The van der Waals surface area contributed by atoms with Gasteiger partial charge in [-0.25, -0.2) is 0 Å². The predicted octanol–water partition coefficient (Wildman–Crippen LogP) is 1.44. The van der Waals surface area contributed by atoms with Gasteiger partial charge in [-0.2, -0.15) is 0 Å². The molecule has 0 aromatic carbocycles. The highest BCUT2D eigenvalue weighted by atomic mass is 14.7. The molecule has 0 aromatic rings. The summed E-state index contributed by atoms with van der Waals surface area (Å²) >= 11 is 0. The van der Waals surface area contributed by atoms with Crippen LogP contribution >= 0.6 is 0 Å². The number of rotatable bonds is 3. The van der Waals surface area contributed by atoms with Gasteiger partial charge in [0.05, 0.1) is 0 Å². The van der Waals surface area contributed by atoms with Crippen molar-refractivity contribution in [3.05, 3.63) is 24.3 Å². The first-order chi connectivity index (χ1) is 4.27. The van der Waals surface area contributed by atoms with Gasteiger partial charge in [0.15, 0.2) is 0 Å². The molecule has 0 rings (SSSR count). The molecule has 0 saturated carbocycles. The molecule has 0 aliphatic heterocycles. The van der Waals surface area contributed by atoms with E-state index in [0.29, 0.717) is 0 Å². The van der Waals surface area contributed by atoms with Gasteiger partial charge in [0.25, 0.3) is 0 Å². The highest BCUT2D eigenvalue weighted by Gasteiger charge is 1.70. The molecule has 0 amide bonds. The van der Waals surface area contributed by atoms with E-state index in [4.69, 9.17) is 11.1 Å². The van der Waals surface area contributed by atoms with Crippen LogP contribution in [-0.2, 0) is 0 Å². The summed E-state index contributed by atoms with van der Waals surface area (Å²) in [5.41, 5.74) is 5.04. The summed E-state index contributed by atoms with van der Waals surface area (Å²) in [6, 6.07) is 0. The molecule has 2 nitrogen and oxygen atoms in total. The summed E-state index contributed by atoms with van der Waals surface area (Å²) in [7, 11) is 0. The number of amidine groups is 1. The molecule has 2 heteroatoms. The second kappa shape index (κ2) is 5.09. The van der Waals surface area contributed by atoms with Gasteiger partial charge in [-0.1, -0.05) is 25.2 Å². The van der Waals surface area contributed by atoms with Crippen LogP contribution in [0.2, 0.25) is 0 Å². The molecule has 0 aliphatic carbocycles. The van der Waals surface area contributed by atoms with Gasteiger partial charge >= 0.3 is 0 Å². The minimum absolute atomic E-state index is 0.0933. The van der Waals surface area contributed by atoms with Crippen molar-refractivity contribution in [3.63, 3.8) is 0 Å². The lowest BCUT2D eigenvalue weighted by Gasteiger charge is -1.78. The smallest absolute Gasteiger partial charge is 0.115 e. The first kappa shape index (κ1) is 7.95. The first-order valence-electron chi connectivity index (χ1n) is 2.94. The van der Waals surface area contributed by atoms with Crippen LogP contribution in [0.25, 0.3) is 0 Å². The fourth-order valence-corrected chi connectivity index (χ4v) is 0.374. The molecular weight excluding hydrogens is 112 g/mol. The van der Waals surface area contributed by atoms with E-state index < -0.39 is 0 Å². The maximum Gasteiger partial charge on any atom is 0.115 e. The van der Waals surface area contributed by atoms with Crippen molar-refractivity contribution in [2.75, 3.05) is 0 Å². The van der Waals surface area contributed by atoms with Crippen molar-refractivity contribution in [2.24, 2.45) is 5.73 Å². The van der Waals surface area contributed by atoms with Crippen LogP contribution in [-0.4, -0.2) is 5.84 Å².